The first-order chi connectivity index (χ1) is 6.91. The van der Waals surface area contributed by atoms with Crippen LogP contribution in [-0.4, -0.2) is 0 Å². The second kappa shape index (κ2) is 7.73. The standard InChI is InChI=1S/2C7H11.Fe/c2*1-6(2)5-7(3)4;/h2*1,5H,2-4H3;. The molecule has 0 aliphatic rings. The van der Waals surface area contributed by atoms with Gasteiger partial charge in [-0.15, -0.1) is 0 Å². The van der Waals surface area contributed by atoms with Gasteiger partial charge in [-0.2, -0.15) is 0 Å². The van der Waals surface area contributed by atoms with E-state index in [1.54, 1.807) is 0 Å². The molecule has 1 heteroatoms. The van der Waals surface area contributed by atoms with Crippen LogP contribution in [-0.2, 0) is 15.0 Å². The summed E-state index contributed by atoms with van der Waals surface area (Å²) in [5.74, 6) is 0. The quantitative estimate of drug-likeness (QED) is 0.493. The first-order valence-electron chi connectivity index (χ1n) is 5.14. The molecule has 0 saturated heterocycles. The number of hydrogen-bond donors (Lipinski definition) is 0. The van der Waals surface area contributed by atoms with E-state index in [1.165, 1.54) is 22.3 Å². The molecule has 0 aliphatic heterocycles. The van der Waals surface area contributed by atoms with Gasteiger partial charge in [0.15, 0.2) is 0 Å². The summed E-state index contributed by atoms with van der Waals surface area (Å²) in [5, 5.41) is 0. The van der Waals surface area contributed by atoms with Crippen LogP contribution in [0.2, 0.25) is 0 Å². The van der Waals surface area contributed by atoms with Crippen molar-refractivity contribution >= 4 is 0 Å². The van der Waals surface area contributed by atoms with Crippen molar-refractivity contribution in [3.8, 4) is 0 Å². The molecule has 0 atom stereocenters. The van der Waals surface area contributed by atoms with E-state index in [9.17, 15) is 0 Å². The molecule has 0 spiro atoms. The third kappa shape index (κ3) is 9.78. The maximum atomic E-state index is 2.26. The van der Waals surface area contributed by atoms with Gasteiger partial charge in [0.1, 0.15) is 0 Å². The summed E-state index contributed by atoms with van der Waals surface area (Å²) in [4.78, 5) is 4.52. The Balaban J connectivity index is 4.29. The average Bonchev–Trinajstić information content (AvgIpc) is 2.00. The summed E-state index contributed by atoms with van der Waals surface area (Å²) in [5.41, 5.74) is 5.40. The zero-order valence-corrected chi connectivity index (χ0v) is 11.8. The molecule has 15 heavy (non-hydrogen) atoms. The van der Waals surface area contributed by atoms with E-state index in [0.29, 0.717) is 0 Å². The van der Waals surface area contributed by atoms with E-state index in [1.807, 2.05) is 0 Å². The Labute approximate surface area is 101 Å². The van der Waals surface area contributed by atoms with Crippen molar-refractivity contribution in [3.05, 3.63) is 44.4 Å². The molecule has 0 N–H and O–H groups in total. The predicted octanol–water partition coefficient (Wildman–Crippen LogP) is 4.81. The summed E-state index contributed by atoms with van der Waals surface area (Å²) in [7, 11) is 0. The van der Waals surface area contributed by atoms with Gasteiger partial charge in [-0.3, -0.25) is 0 Å². The van der Waals surface area contributed by atoms with Crippen LogP contribution in [0.15, 0.2) is 44.4 Å². The predicted molar refractivity (Wildman–Crippen MR) is 66.4 cm³/mol. The molecule has 0 aromatic rings. The van der Waals surface area contributed by atoms with Crippen molar-refractivity contribution < 1.29 is 15.0 Å². The van der Waals surface area contributed by atoms with E-state index >= 15 is 0 Å². The number of rotatable bonds is 4. The molecule has 0 bridgehead atoms. The Hall–Kier alpha value is -0.521. The molecule has 0 aromatic heterocycles. The summed E-state index contributed by atoms with van der Waals surface area (Å²) < 4.78 is 0. The molecular weight excluding hydrogens is 224 g/mol. The van der Waals surface area contributed by atoms with Crippen LogP contribution in [0.5, 0.6) is 0 Å². The van der Waals surface area contributed by atoms with Crippen molar-refractivity contribution in [2.75, 3.05) is 0 Å². The van der Waals surface area contributed by atoms with Gasteiger partial charge in [0.25, 0.3) is 0 Å². The Morgan fingerprint density at radius 3 is 1.27 bits per heavy atom. The second-order valence-corrected chi connectivity index (χ2v) is 5.26. The molecule has 0 unspecified atom stereocenters. The molecule has 0 saturated carbocycles. The minimum absolute atomic E-state index is 1.02. The second-order valence-electron chi connectivity index (χ2n) is 4.25. The zero-order valence-electron chi connectivity index (χ0n) is 10.7. The Morgan fingerprint density at radius 2 is 1.00 bits per heavy atom. The molecule has 0 amide bonds. The van der Waals surface area contributed by atoms with Crippen molar-refractivity contribution in [3.63, 3.8) is 0 Å². The summed E-state index contributed by atoms with van der Waals surface area (Å²) >= 11 is 1.02. The van der Waals surface area contributed by atoms with Crippen LogP contribution >= 0.6 is 0 Å². The van der Waals surface area contributed by atoms with Gasteiger partial charge in [-0.1, -0.05) is 0 Å². The Kier molecular flexibility index (Phi) is 7.46. The molecular formula is C14H22Fe. The first-order valence-corrected chi connectivity index (χ1v) is 6.42. The van der Waals surface area contributed by atoms with Crippen LogP contribution in [0.1, 0.15) is 41.5 Å². The van der Waals surface area contributed by atoms with E-state index < -0.39 is 0 Å². The van der Waals surface area contributed by atoms with Gasteiger partial charge in [-0.05, 0) is 0 Å². The summed E-state index contributed by atoms with van der Waals surface area (Å²) in [6.07, 6.45) is 4.42. The van der Waals surface area contributed by atoms with Crippen molar-refractivity contribution in [1.82, 2.24) is 0 Å². The van der Waals surface area contributed by atoms with Crippen LogP contribution < -0.4 is 0 Å². The van der Waals surface area contributed by atoms with Gasteiger partial charge in [-0.25, -0.2) is 0 Å². The van der Waals surface area contributed by atoms with E-state index in [2.05, 4.69) is 63.6 Å². The molecule has 0 aliphatic carbocycles. The van der Waals surface area contributed by atoms with Crippen molar-refractivity contribution in [2.24, 2.45) is 0 Å². The van der Waals surface area contributed by atoms with Crippen LogP contribution in [0.3, 0.4) is 0 Å². The topological polar surface area (TPSA) is 0 Å². The fourth-order valence-corrected chi connectivity index (χ4v) is 2.04. The van der Waals surface area contributed by atoms with Gasteiger partial charge in [0.2, 0.25) is 0 Å². The first kappa shape index (κ1) is 14.5. The fourth-order valence-electron chi connectivity index (χ4n) is 1.18. The third-order valence-electron chi connectivity index (χ3n) is 1.47. The third-order valence-corrected chi connectivity index (χ3v) is 2.85. The Bertz CT molecular complexity index is 274. The van der Waals surface area contributed by atoms with Crippen molar-refractivity contribution in [2.45, 2.75) is 41.5 Å². The Morgan fingerprint density at radius 1 is 0.667 bits per heavy atom. The number of allylic oxidation sites excluding steroid dienone is 6. The molecule has 0 heterocycles. The molecule has 0 rings (SSSR count). The van der Waals surface area contributed by atoms with Gasteiger partial charge in [0, 0.05) is 0 Å². The number of hydrogen-bond acceptors (Lipinski definition) is 0. The van der Waals surface area contributed by atoms with E-state index in [4.69, 9.17) is 0 Å². The molecule has 86 valence electrons. The molecule has 0 nitrogen and oxygen atoms in total. The summed E-state index contributed by atoms with van der Waals surface area (Å²) in [6.45, 7) is 12.8. The normalized spacial score (nSPS) is 12.7. The van der Waals surface area contributed by atoms with Crippen LogP contribution in [0, 0.1) is 0 Å². The SMILES string of the molecule is CC(C)=C/C(C)=[CH]\[Fe]/[CH]=C(/C)C=C(C)C. The van der Waals surface area contributed by atoms with E-state index in [0.717, 1.165) is 15.0 Å². The average molecular weight is 246 g/mol. The van der Waals surface area contributed by atoms with Gasteiger partial charge in [0.05, 0.1) is 0 Å². The molecule has 0 fully saturated rings. The van der Waals surface area contributed by atoms with Crippen LogP contribution in [0.4, 0.5) is 0 Å². The van der Waals surface area contributed by atoms with Gasteiger partial charge < -0.3 is 0 Å². The van der Waals surface area contributed by atoms with E-state index in [-0.39, 0.29) is 0 Å². The molecule has 0 radical (unpaired) electrons. The minimum atomic E-state index is 1.02. The molecule has 0 aromatic carbocycles. The van der Waals surface area contributed by atoms with Gasteiger partial charge >= 0.3 is 101 Å². The zero-order chi connectivity index (χ0) is 11.8. The van der Waals surface area contributed by atoms with Crippen LogP contribution in [0.25, 0.3) is 0 Å². The van der Waals surface area contributed by atoms with Crippen molar-refractivity contribution in [1.29, 1.82) is 0 Å². The monoisotopic (exact) mass is 246 g/mol. The summed E-state index contributed by atoms with van der Waals surface area (Å²) in [6, 6.07) is 0. The fraction of sp³-hybridized carbons (Fsp3) is 0.429. The maximum absolute atomic E-state index is 2.26.